The van der Waals surface area contributed by atoms with E-state index in [1.807, 2.05) is 56.0 Å². The first-order valence-corrected chi connectivity index (χ1v) is 11.6. The zero-order valence-corrected chi connectivity index (χ0v) is 20.3. The second-order valence-corrected chi connectivity index (χ2v) is 8.88. The number of benzene rings is 2. The van der Waals surface area contributed by atoms with Gasteiger partial charge in [0.05, 0.1) is 10.7 Å². The predicted molar refractivity (Wildman–Crippen MR) is 135 cm³/mol. The van der Waals surface area contributed by atoms with Crippen molar-refractivity contribution in [1.29, 1.82) is 0 Å². The first kappa shape index (κ1) is 24.0. The average molecular weight is 473 g/mol. The topological polar surface area (TPSA) is 64.7 Å². The third kappa shape index (κ3) is 6.20. The fourth-order valence-corrected chi connectivity index (χ4v) is 4.36. The van der Waals surface area contributed by atoms with Gasteiger partial charge in [-0.05, 0) is 62.8 Å². The molecule has 8 heteroatoms. The Morgan fingerprint density at radius 3 is 2.28 bits per heavy atom. The summed E-state index contributed by atoms with van der Waals surface area (Å²) < 4.78 is 0. The molecule has 0 aliphatic carbocycles. The summed E-state index contributed by atoms with van der Waals surface area (Å²) in [7, 11) is 0. The molecule has 32 heavy (non-hydrogen) atoms. The second-order valence-electron chi connectivity index (χ2n) is 8.07. The van der Waals surface area contributed by atoms with Gasteiger partial charge in [-0.1, -0.05) is 35.7 Å². The lowest BCUT2D eigenvalue weighted by Gasteiger charge is -2.36. The summed E-state index contributed by atoms with van der Waals surface area (Å²) in [6, 6.07) is 11.3. The highest BCUT2D eigenvalue weighted by molar-refractivity contribution is 7.80. The SMILES string of the molecule is CCCC(=O)N1CCN(c2ccc(NC(=S)NC(=O)c3cc(C)cc(C)c3)cc2Cl)CC1. The van der Waals surface area contributed by atoms with Gasteiger partial charge in [0.2, 0.25) is 5.91 Å². The maximum Gasteiger partial charge on any atom is 0.257 e. The lowest BCUT2D eigenvalue weighted by Crippen LogP contribution is -2.48. The monoisotopic (exact) mass is 472 g/mol. The molecule has 2 aromatic rings. The minimum Gasteiger partial charge on any atom is -0.367 e. The number of carbonyl (C=O) groups is 2. The fourth-order valence-electron chi connectivity index (χ4n) is 3.85. The molecule has 1 aliphatic heterocycles. The van der Waals surface area contributed by atoms with Crippen LogP contribution in [-0.4, -0.2) is 48.0 Å². The molecule has 2 N–H and O–H groups in total. The summed E-state index contributed by atoms with van der Waals surface area (Å²) in [5, 5.41) is 6.53. The van der Waals surface area contributed by atoms with Crippen LogP contribution in [0.1, 0.15) is 41.3 Å². The van der Waals surface area contributed by atoms with Crippen LogP contribution < -0.4 is 15.5 Å². The number of hydrogen-bond acceptors (Lipinski definition) is 4. The maximum atomic E-state index is 12.5. The third-order valence-electron chi connectivity index (χ3n) is 5.35. The normalized spacial score (nSPS) is 13.6. The number of anilines is 2. The summed E-state index contributed by atoms with van der Waals surface area (Å²) in [5.74, 6) is -0.0401. The van der Waals surface area contributed by atoms with Gasteiger partial charge in [-0.3, -0.25) is 14.9 Å². The van der Waals surface area contributed by atoms with Crippen molar-refractivity contribution in [2.24, 2.45) is 0 Å². The largest absolute Gasteiger partial charge is 0.367 e. The molecule has 1 heterocycles. The number of nitrogens with one attached hydrogen (secondary N) is 2. The molecule has 170 valence electrons. The van der Waals surface area contributed by atoms with Crippen molar-refractivity contribution >= 4 is 52.1 Å². The Morgan fingerprint density at radius 1 is 1.03 bits per heavy atom. The second kappa shape index (κ2) is 10.8. The first-order chi connectivity index (χ1) is 15.3. The molecule has 1 aliphatic rings. The van der Waals surface area contributed by atoms with Crippen molar-refractivity contribution in [1.82, 2.24) is 10.2 Å². The van der Waals surface area contributed by atoms with Crippen LogP contribution >= 0.6 is 23.8 Å². The van der Waals surface area contributed by atoms with Gasteiger partial charge in [0.25, 0.3) is 5.91 Å². The van der Waals surface area contributed by atoms with E-state index >= 15 is 0 Å². The van der Waals surface area contributed by atoms with E-state index in [1.54, 1.807) is 6.07 Å². The number of nitrogens with zero attached hydrogens (tertiary/aromatic N) is 2. The molecule has 0 radical (unpaired) electrons. The third-order valence-corrected chi connectivity index (χ3v) is 5.86. The van der Waals surface area contributed by atoms with Crippen LogP contribution in [0.25, 0.3) is 0 Å². The number of halogens is 1. The molecular weight excluding hydrogens is 444 g/mol. The molecule has 1 fully saturated rings. The number of carbonyl (C=O) groups excluding carboxylic acids is 2. The summed E-state index contributed by atoms with van der Waals surface area (Å²) >= 11 is 11.8. The van der Waals surface area contributed by atoms with Crippen LogP contribution in [0.15, 0.2) is 36.4 Å². The Balaban J connectivity index is 1.57. The number of thiocarbonyl (C=S) groups is 1. The smallest absolute Gasteiger partial charge is 0.257 e. The molecule has 0 unspecified atom stereocenters. The maximum absolute atomic E-state index is 12.5. The zero-order valence-electron chi connectivity index (χ0n) is 18.7. The van der Waals surface area contributed by atoms with Crippen LogP contribution in [-0.2, 0) is 4.79 Å². The molecule has 0 spiro atoms. The van der Waals surface area contributed by atoms with E-state index in [-0.39, 0.29) is 16.9 Å². The first-order valence-electron chi connectivity index (χ1n) is 10.8. The molecule has 0 saturated carbocycles. The van der Waals surface area contributed by atoms with Crippen molar-refractivity contribution in [3.8, 4) is 0 Å². The van der Waals surface area contributed by atoms with Crippen LogP contribution in [0.4, 0.5) is 11.4 Å². The van der Waals surface area contributed by atoms with Gasteiger partial charge in [-0.25, -0.2) is 0 Å². The number of rotatable bonds is 5. The van der Waals surface area contributed by atoms with Crippen LogP contribution in [0.2, 0.25) is 5.02 Å². The Hall–Kier alpha value is -2.64. The van der Waals surface area contributed by atoms with Crippen LogP contribution in [0.3, 0.4) is 0 Å². The van der Waals surface area contributed by atoms with E-state index < -0.39 is 0 Å². The Kier molecular flexibility index (Phi) is 8.10. The molecule has 2 amide bonds. The van der Waals surface area contributed by atoms with E-state index in [2.05, 4.69) is 15.5 Å². The van der Waals surface area contributed by atoms with Gasteiger partial charge in [0, 0.05) is 43.9 Å². The number of aryl methyl sites for hydroxylation is 2. The van der Waals surface area contributed by atoms with Gasteiger partial charge < -0.3 is 15.1 Å². The van der Waals surface area contributed by atoms with Gasteiger partial charge in [-0.15, -0.1) is 0 Å². The van der Waals surface area contributed by atoms with Gasteiger partial charge in [0.1, 0.15) is 0 Å². The van der Waals surface area contributed by atoms with E-state index in [9.17, 15) is 9.59 Å². The van der Waals surface area contributed by atoms with E-state index in [0.717, 1.165) is 36.3 Å². The molecule has 2 aromatic carbocycles. The number of amides is 2. The fraction of sp³-hybridized carbons (Fsp3) is 0.375. The zero-order chi connectivity index (χ0) is 23.3. The minimum atomic E-state index is -0.257. The highest BCUT2D eigenvalue weighted by Gasteiger charge is 2.22. The highest BCUT2D eigenvalue weighted by atomic mass is 35.5. The van der Waals surface area contributed by atoms with Crippen molar-refractivity contribution in [3.63, 3.8) is 0 Å². The van der Waals surface area contributed by atoms with E-state index in [4.69, 9.17) is 23.8 Å². The number of hydrogen-bond donors (Lipinski definition) is 2. The van der Waals surface area contributed by atoms with Crippen molar-refractivity contribution < 1.29 is 9.59 Å². The summed E-state index contributed by atoms with van der Waals surface area (Å²) in [5.41, 5.74) is 4.22. The Bertz CT molecular complexity index is 999. The summed E-state index contributed by atoms with van der Waals surface area (Å²) in [4.78, 5) is 28.7. The summed E-state index contributed by atoms with van der Waals surface area (Å²) in [6.07, 6.45) is 1.47. The Labute approximate surface area is 199 Å². The summed E-state index contributed by atoms with van der Waals surface area (Å²) in [6.45, 7) is 8.80. The minimum absolute atomic E-state index is 0.209. The average Bonchev–Trinajstić information content (AvgIpc) is 2.73. The quantitative estimate of drug-likeness (QED) is 0.626. The molecule has 6 nitrogen and oxygen atoms in total. The van der Waals surface area contributed by atoms with Crippen molar-refractivity contribution in [2.75, 3.05) is 36.4 Å². The Morgan fingerprint density at radius 2 is 1.69 bits per heavy atom. The van der Waals surface area contributed by atoms with Gasteiger partial charge >= 0.3 is 0 Å². The predicted octanol–water partition coefficient (Wildman–Crippen LogP) is 4.53. The van der Waals surface area contributed by atoms with Crippen molar-refractivity contribution in [2.45, 2.75) is 33.6 Å². The molecule has 1 saturated heterocycles. The lowest BCUT2D eigenvalue weighted by molar-refractivity contribution is -0.131. The van der Waals surface area contributed by atoms with Crippen LogP contribution in [0.5, 0.6) is 0 Å². The lowest BCUT2D eigenvalue weighted by atomic mass is 10.1. The standard InChI is InChI=1S/C24H29ClN4O2S/c1-4-5-22(30)29-10-8-28(9-11-29)21-7-6-19(15-20(21)25)26-24(32)27-23(31)18-13-16(2)12-17(3)14-18/h6-7,12-15H,4-5,8-11H2,1-3H3,(H2,26,27,31,32). The molecule has 0 bridgehead atoms. The van der Waals surface area contributed by atoms with Gasteiger partial charge in [-0.2, -0.15) is 0 Å². The van der Waals surface area contributed by atoms with Crippen LogP contribution in [0, 0.1) is 13.8 Å². The van der Waals surface area contributed by atoms with E-state index in [0.29, 0.717) is 35.8 Å². The molecule has 0 aromatic heterocycles. The van der Waals surface area contributed by atoms with Crippen molar-refractivity contribution in [3.05, 3.63) is 58.1 Å². The molecule has 3 rings (SSSR count). The molecule has 0 atom stereocenters. The van der Waals surface area contributed by atoms with Gasteiger partial charge in [0.15, 0.2) is 5.11 Å². The highest BCUT2D eigenvalue weighted by Crippen LogP contribution is 2.29. The van der Waals surface area contributed by atoms with E-state index in [1.165, 1.54) is 0 Å². The number of piperazine rings is 1. The molecular formula is C24H29ClN4O2S.